The molecule has 1 saturated carbocycles. The minimum Gasteiger partial charge on any atom is -0.317 e. The van der Waals surface area contributed by atoms with Crippen LogP contribution in [0.25, 0.3) is 0 Å². The van der Waals surface area contributed by atoms with Crippen molar-refractivity contribution >= 4 is 15.9 Å². The summed E-state index contributed by atoms with van der Waals surface area (Å²) in [5.74, 6) is 0.470. The van der Waals surface area contributed by atoms with Crippen LogP contribution >= 0.6 is 15.9 Å². The number of rotatable bonds is 3. The normalized spacial score (nSPS) is 24.8. The summed E-state index contributed by atoms with van der Waals surface area (Å²) in [6, 6.07) is 5.92. The van der Waals surface area contributed by atoms with Gasteiger partial charge in [0.1, 0.15) is 5.82 Å². The topological polar surface area (TPSA) is 12.0 Å². The summed E-state index contributed by atoms with van der Waals surface area (Å²) in [5.41, 5.74) is 1.10. The second-order valence-corrected chi connectivity index (χ2v) is 6.00. The zero-order valence-electron chi connectivity index (χ0n) is 10.9. The molecule has 0 radical (unpaired) electrons. The monoisotopic (exact) mass is 313 g/mol. The van der Waals surface area contributed by atoms with Gasteiger partial charge >= 0.3 is 0 Å². The van der Waals surface area contributed by atoms with Gasteiger partial charge in [-0.25, -0.2) is 4.39 Å². The van der Waals surface area contributed by atoms with Crippen molar-refractivity contribution in [3.8, 4) is 0 Å². The lowest BCUT2D eigenvalue weighted by Gasteiger charge is -2.25. The zero-order chi connectivity index (χ0) is 13.0. The molecule has 0 aromatic heterocycles. The van der Waals surface area contributed by atoms with Crippen LogP contribution in [-0.2, 0) is 6.42 Å². The molecule has 0 saturated heterocycles. The molecule has 0 aliphatic heterocycles. The fraction of sp³-hybridized carbons (Fsp3) is 0.600. The highest BCUT2D eigenvalue weighted by Crippen LogP contribution is 2.30. The van der Waals surface area contributed by atoms with Gasteiger partial charge in [0.25, 0.3) is 0 Å². The molecule has 1 aromatic carbocycles. The summed E-state index contributed by atoms with van der Waals surface area (Å²) < 4.78 is 14.2. The maximum absolute atomic E-state index is 13.5. The molecule has 100 valence electrons. The van der Waals surface area contributed by atoms with Gasteiger partial charge in [-0.1, -0.05) is 31.4 Å². The maximum atomic E-state index is 13.5. The van der Waals surface area contributed by atoms with Gasteiger partial charge < -0.3 is 5.32 Å². The Bertz CT molecular complexity index is 394. The van der Waals surface area contributed by atoms with Crippen molar-refractivity contribution in [2.75, 3.05) is 7.05 Å². The first-order valence-electron chi connectivity index (χ1n) is 6.82. The standard InChI is InChI=1S/C15H21BrFN/c1-18-14-9-4-2-3-6-11(14)10-12-7-5-8-13(17)15(12)16/h5,7-8,11,14,18H,2-4,6,9-10H2,1H3. The summed E-state index contributed by atoms with van der Waals surface area (Å²) in [7, 11) is 2.05. The fourth-order valence-electron chi connectivity index (χ4n) is 3.00. The third-order valence-electron chi connectivity index (χ3n) is 4.04. The van der Waals surface area contributed by atoms with E-state index in [1.165, 1.54) is 38.2 Å². The third kappa shape index (κ3) is 3.33. The predicted molar refractivity (Wildman–Crippen MR) is 77.2 cm³/mol. The van der Waals surface area contributed by atoms with E-state index in [0.717, 1.165) is 12.0 Å². The predicted octanol–water partition coefficient (Wildman–Crippen LogP) is 4.30. The highest BCUT2D eigenvalue weighted by molar-refractivity contribution is 9.10. The van der Waals surface area contributed by atoms with E-state index in [4.69, 9.17) is 0 Å². The number of nitrogens with one attached hydrogen (secondary N) is 1. The Balaban J connectivity index is 2.12. The molecule has 0 spiro atoms. The Morgan fingerprint density at radius 3 is 2.83 bits per heavy atom. The van der Waals surface area contributed by atoms with Gasteiger partial charge in [0, 0.05) is 6.04 Å². The third-order valence-corrected chi connectivity index (χ3v) is 4.93. The Labute approximate surface area is 117 Å². The smallest absolute Gasteiger partial charge is 0.137 e. The summed E-state index contributed by atoms with van der Waals surface area (Å²) in [6.07, 6.45) is 7.40. The molecule has 1 aliphatic rings. The van der Waals surface area contributed by atoms with Gasteiger partial charge in [-0.15, -0.1) is 0 Å². The van der Waals surface area contributed by atoms with E-state index >= 15 is 0 Å². The number of hydrogen-bond donors (Lipinski definition) is 1. The Kier molecular flexibility index (Phi) is 5.19. The largest absolute Gasteiger partial charge is 0.317 e. The van der Waals surface area contributed by atoms with Gasteiger partial charge in [-0.2, -0.15) is 0 Å². The molecule has 0 bridgehead atoms. The molecule has 0 amide bonds. The molecule has 0 heterocycles. The average molecular weight is 314 g/mol. The Morgan fingerprint density at radius 2 is 2.06 bits per heavy atom. The van der Waals surface area contributed by atoms with E-state index < -0.39 is 0 Å². The van der Waals surface area contributed by atoms with Gasteiger partial charge in [0.15, 0.2) is 0 Å². The molecule has 1 aliphatic carbocycles. The SMILES string of the molecule is CNC1CCCCCC1Cc1cccc(F)c1Br. The second-order valence-electron chi connectivity index (χ2n) is 5.21. The van der Waals surface area contributed by atoms with Crippen molar-refractivity contribution in [1.82, 2.24) is 5.32 Å². The average Bonchev–Trinajstić information content (AvgIpc) is 2.60. The van der Waals surface area contributed by atoms with Crippen molar-refractivity contribution in [3.05, 3.63) is 34.1 Å². The highest BCUT2D eigenvalue weighted by atomic mass is 79.9. The van der Waals surface area contributed by atoms with E-state index in [9.17, 15) is 4.39 Å². The second kappa shape index (κ2) is 6.67. The van der Waals surface area contributed by atoms with Gasteiger partial charge in [0.2, 0.25) is 0 Å². The molecule has 1 nitrogen and oxygen atoms in total. The van der Waals surface area contributed by atoms with Crippen LogP contribution in [0.15, 0.2) is 22.7 Å². The lowest BCUT2D eigenvalue weighted by Crippen LogP contribution is -2.33. The van der Waals surface area contributed by atoms with Crippen LogP contribution in [0, 0.1) is 11.7 Å². The lowest BCUT2D eigenvalue weighted by atomic mass is 9.88. The summed E-state index contributed by atoms with van der Waals surface area (Å²) in [6.45, 7) is 0. The minimum atomic E-state index is -0.151. The van der Waals surface area contributed by atoms with Crippen molar-refractivity contribution in [2.45, 2.75) is 44.6 Å². The summed E-state index contributed by atoms with van der Waals surface area (Å²) >= 11 is 3.37. The molecule has 2 unspecified atom stereocenters. The van der Waals surface area contributed by atoms with Crippen LogP contribution in [0.2, 0.25) is 0 Å². The Morgan fingerprint density at radius 1 is 1.28 bits per heavy atom. The highest BCUT2D eigenvalue weighted by Gasteiger charge is 2.23. The van der Waals surface area contributed by atoms with Crippen LogP contribution < -0.4 is 5.32 Å². The minimum absolute atomic E-state index is 0.151. The molecule has 1 aromatic rings. The van der Waals surface area contributed by atoms with Crippen molar-refractivity contribution in [3.63, 3.8) is 0 Å². The van der Waals surface area contributed by atoms with E-state index in [1.54, 1.807) is 6.07 Å². The molecule has 3 heteroatoms. The molecule has 2 atom stereocenters. The van der Waals surface area contributed by atoms with Crippen molar-refractivity contribution in [1.29, 1.82) is 0 Å². The Hall–Kier alpha value is -0.410. The maximum Gasteiger partial charge on any atom is 0.137 e. The molecular weight excluding hydrogens is 293 g/mol. The fourth-order valence-corrected chi connectivity index (χ4v) is 3.42. The number of benzene rings is 1. The summed E-state index contributed by atoms with van der Waals surface area (Å²) in [5, 5.41) is 3.44. The van der Waals surface area contributed by atoms with Gasteiger partial charge in [-0.05, 0) is 59.8 Å². The van der Waals surface area contributed by atoms with Gasteiger partial charge in [-0.3, -0.25) is 0 Å². The molecular formula is C15H21BrFN. The molecule has 18 heavy (non-hydrogen) atoms. The van der Waals surface area contributed by atoms with Crippen LogP contribution in [0.3, 0.4) is 0 Å². The van der Waals surface area contributed by atoms with Gasteiger partial charge in [0.05, 0.1) is 4.47 Å². The van der Waals surface area contributed by atoms with Crippen molar-refractivity contribution in [2.24, 2.45) is 5.92 Å². The van der Waals surface area contributed by atoms with Crippen LogP contribution in [0.5, 0.6) is 0 Å². The molecule has 1 fully saturated rings. The van der Waals surface area contributed by atoms with Crippen LogP contribution in [0.1, 0.15) is 37.7 Å². The van der Waals surface area contributed by atoms with E-state index in [-0.39, 0.29) is 5.82 Å². The quantitative estimate of drug-likeness (QED) is 0.820. The lowest BCUT2D eigenvalue weighted by molar-refractivity contribution is 0.349. The van der Waals surface area contributed by atoms with Crippen LogP contribution in [-0.4, -0.2) is 13.1 Å². The van der Waals surface area contributed by atoms with E-state index in [1.807, 2.05) is 13.1 Å². The van der Waals surface area contributed by atoms with E-state index in [0.29, 0.717) is 16.4 Å². The molecule has 2 rings (SSSR count). The van der Waals surface area contributed by atoms with Crippen molar-refractivity contribution < 1.29 is 4.39 Å². The number of halogens is 2. The first kappa shape index (κ1) is 14.0. The number of hydrogen-bond acceptors (Lipinski definition) is 1. The van der Waals surface area contributed by atoms with Crippen LogP contribution in [0.4, 0.5) is 4.39 Å². The first-order valence-corrected chi connectivity index (χ1v) is 7.62. The zero-order valence-corrected chi connectivity index (χ0v) is 12.5. The first-order chi connectivity index (χ1) is 8.72. The van der Waals surface area contributed by atoms with E-state index in [2.05, 4.69) is 21.2 Å². The summed E-state index contributed by atoms with van der Waals surface area (Å²) in [4.78, 5) is 0. The molecule has 1 N–H and O–H groups in total.